The van der Waals surface area contributed by atoms with Gasteiger partial charge in [0, 0.05) is 19.3 Å². The third-order valence-electron chi connectivity index (χ3n) is 14.7. The molecule has 1 unspecified atom stereocenters. The van der Waals surface area contributed by atoms with Crippen LogP contribution in [-0.2, 0) is 28.6 Å². The highest BCUT2D eigenvalue weighted by atomic mass is 16.6. The van der Waals surface area contributed by atoms with Crippen molar-refractivity contribution in [1.29, 1.82) is 0 Å². The smallest absolute Gasteiger partial charge is 0.306 e. The van der Waals surface area contributed by atoms with Crippen molar-refractivity contribution in [2.45, 2.75) is 335 Å². The van der Waals surface area contributed by atoms with Gasteiger partial charge in [-0.15, -0.1) is 0 Å². The van der Waals surface area contributed by atoms with E-state index in [1.165, 1.54) is 161 Å². The summed E-state index contributed by atoms with van der Waals surface area (Å²) in [6.45, 7) is 6.41. The molecule has 0 heterocycles. The zero-order chi connectivity index (χ0) is 58.5. The first-order valence-corrected chi connectivity index (χ1v) is 34.4. The first kappa shape index (κ1) is 77.1. The van der Waals surface area contributed by atoms with Gasteiger partial charge in [0.05, 0.1) is 0 Å². The van der Waals surface area contributed by atoms with Gasteiger partial charge in [-0.2, -0.15) is 0 Å². The van der Waals surface area contributed by atoms with Gasteiger partial charge in [0.2, 0.25) is 0 Å². The van der Waals surface area contributed by atoms with Gasteiger partial charge in [-0.05, 0) is 122 Å². The van der Waals surface area contributed by atoms with Gasteiger partial charge in [-0.3, -0.25) is 14.4 Å². The Labute approximate surface area is 501 Å². The van der Waals surface area contributed by atoms with E-state index in [0.717, 1.165) is 128 Å². The van der Waals surface area contributed by atoms with Crippen LogP contribution < -0.4 is 0 Å². The molecule has 0 amide bonds. The van der Waals surface area contributed by atoms with Gasteiger partial charge in [0.25, 0.3) is 0 Å². The molecule has 0 fully saturated rings. The minimum atomic E-state index is -0.790. The highest BCUT2D eigenvalue weighted by Gasteiger charge is 2.19. The Morgan fingerprint density at radius 2 is 0.481 bits per heavy atom. The summed E-state index contributed by atoms with van der Waals surface area (Å²) < 4.78 is 16.9. The van der Waals surface area contributed by atoms with Crippen molar-refractivity contribution in [3.63, 3.8) is 0 Å². The molecule has 0 aliphatic carbocycles. The molecule has 0 aromatic heterocycles. The number of hydrogen-bond acceptors (Lipinski definition) is 6. The second-order valence-corrected chi connectivity index (χ2v) is 22.7. The topological polar surface area (TPSA) is 78.9 Å². The Morgan fingerprint density at radius 3 is 0.765 bits per heavy atom. The van der Waals surface area contributed by atoms with Crippen LogP contribution >= 0.6 is 0 Å². The summed E-state index contributed by atoms with van der Waals surface area (Å²) in [5.74, 6) is -0.895. The lowest BCUT2D eigenvalue weighted by Gasteiger charge is -2.18. The summed E-state index contributed by atoms with van der Waals surface area (Å²) in [4.78, 5) is 38.4. The van der Waals surface area contributed by atoms with E-state index in [0.29, 0.717) is 19.3 Å². The largest absolute Gasteiger partial charge is 0.462 e. The average molecular weight is 1130 g/mol. The quantitative estimate of drug-likeness (QED) is 0.0261. The zero-order valence-corrected chi connectivity index (χ0v) is 53.3. The van der Waals surface area contributed by atoms with Crippen molar-refractivity contribution >= 4 is 17.9 Å². The molecule has 0 aliphatic rings. The minimum absolute atomic E-state index is 0.0844. The number of ether oxygens (including phenoxy) is 3. The lowest BCUT2D eigenvalue weighted by atomic mass is 10.0. The van der Waals surface area contributed by atoms with Crippen LogP contribution in [0.5, 0.6) is 0 Å². The highest BCUT2D eigenvalue weighted by Crippen LogP contribution is 2.17. The van der Waals surface area contributed by atoms with Crippen LogP contribution in [0.15, 0.2) is 109 Å². The molecule has 0 saturated heterocycles. The molecule has 6 nitrogen and oxygen atoms in total. The molecule has 464 valence electrons. The molecule has 1 atom stereocenters. The number of hydrogen-bond donors (Lipinski definition) is 0. The van der Waals surface area contributed by atoms with Crippen LogP contribution in [0.2, 0.25) is 0 Å². The summed E-state index contributed by atoms with van der Waals surface area (Å²) in [6, 6.07) is 0. The first-order chi connectivity index (χ1) is 40.0. The molecule has 0 aliphatic heterocycles. The van der Waals surface area contributed by atoms with E-state index in [1.807, 2.05) is 0 Å². The van der Waals surface area contributed by atoms with Crippen molar-refractivity contribution in [2.24, 2.45) is 0 Å². The van der Waals surface area contributed by atoms with Crippen LogP contribution in [0.3, 0.4) is 0 Å². The van der Waals surface area contributed by atoms with Crippen molar-refractivity contribution in [3.05, 3.63) is 109 Å². The van der Waals surface area contributed by atoms with Crippen LogP contribution in [-0.4, -0.2) is 37.2 Å². The van der Waals surface area contributed by atoms with Gasteiger partial charge in [-0.25, -0.2) is 0 Å². The predicted octanol–water partition coefficient (Wildman–Crippen LogP) is 23.8. The van der Waals surface area contributed by atoms with Crippen molar-refractivity contribution < 1.29 is 28.6 Å². The molecule has 6 heteroatoms. The van der Waals surface area contributed by atoms with E-state index in [2.05, 4.69) is 130 Å². The summed E-state index contributed by atoms with van der Waals surface area (Å²) in [5.41, 5.74) is 0. The Kier molecular flexibility index (Phi) is 65.2. The second kappa shape index (κ2) is 68.6. The van der Waals surface area contributed by atoms with Crippen LogP contribution in [0.25, 0.3) is 0 Å². The Bertz CT molecular complexity index is 1620. The molecular weight excluding hydrogens is 997 g/mol. The van der Waals surface area contributed by atoms with Gasteiger partial charge in [0.1, 0.15) is 13.2 Å². The van der Waals surface area contributed by atoms with E-state index < -0.39 is 6.10 Å². The summed E-state index contributed by atoms with van der Waals surface area (Å²) in [7, 11) is 0. The highest BCUT2D eigenvalue weighted by molar-refractivity contribution is 5.71. The normalized spacial score (nSPS) is 12.8. The zero-order valence-electron chi connectivity index (χ0n) is 53.3. The standard InChI is InChI=1S/C75H128O6/c1-4-7-10-13-16-19-22-25-27-29-31-32-33-34-35-36-37-38-39-40-41-42-44-45-47-50-53-56-59-62-65-68-74(77)80-71-72(70-79-73(76)67-64-61-58-55-52-49-24-21-18-15-12-9-6-3)81-75(78)69-66-63-60-57-54-51-48-46-43-30-28-26-23-20-17-14-11-8-5-2/h7-8,10-11,16-17,19-21,24-28,31-32,43,46,72H,4-6,9,12-15,18,22-23,29-30,33-42,44-45,47-71H2,1-3H3/b10-7-,11-8-,19-16-,20-17-,24-21-,27-25-,28-26-,32-31-,46-43-. The molecule has 0 rings (SSSR count). The van der Waals surface area contributed by atoms with Gasteiger partial charge >= 0.3 is 17.9 Å². The molecular formula is C75H128O6. The van der Waals surface area contributed by atoms with Crippen LogP contribution in [0, 0.1) is 0 Å². The maximum atomic E-state index is 12.9. The number of carbonyl (C=O) groups is 3. The predicted molar refractivity (Wildman–Crippen MR) is 353 cm³/mol. The van der Waals surface area contributed by atoms with E-state index in [4.69, 9.17) is 14.2 Å². The minimum Gasteiger partial charge on any atom is -0.462 e. The molecule has 0 radical (unpaired) electrons. The number of unbranched alkanes of at least 4 members (excludes halogenated alkanes) is 33. The maximum Gasteiger partial charge on any atom is 0.306 e. The molecule has 81 heavy (non-hydrogen) atoms. The number of rotatable bonds is 62. The lowest BCUT2D eigenvalue weighted by Crippen LogP contribution is -2.30. The number of esters is 3. The first-order valence-electron chi connectivity index (χ1n) is 34.4. The number of allylic oxidation sites excluding steroid dienone is 18. The molecule has 0 N–H and O–H groups in total. The summed E-state index contributed by atoms with van der Waals surface area (Å²) >= 11 is 0. The van der Waals surface area contributed by atoms with Crippen molar-refractivity contribution in [3.8, 4) is 0 Å². The molecule has 0 spiro atoms. The van der Waals surface area contributed by atoms with E-state index >= 15 is 0 Å². The van der Waals surface area contributed by atoms with Gasteiger partial charge < -0.3 is 14.2 Å². The van der Waals surface area contributed by atoms with E-state index in [1.54, 1.807) is 0 Å². The Balaban J connectivity index is 4.23. The SMILES string of the molecule is CC/C=C\C/C=C\C/C=C\C/C=C\CCCCCCCCCCCCCCCCCCCCC(=O)OCC(COC(=O)CCCCCCC/C=C\CCCCCC)OC(=O)CCCCCCCC/C=C\C/C=C\C/C=C\C/C=C\CC. The molecule has 0 aromatic rings. The Hall–Kier alpha value is -3.93. The van der Waals surface area contributed by atoms with Crippen molar-refractivity contribution in [2.75, 3.05) is 13.2 Å². The Morgan fingerprint density at radius 1 is 0.259 bits per heavy atom. The molecule has 0 aromatic carbocycles. The van der Waals surface area contributed by atoms with Crippen molar-refractivity contribution in [1.82, 2.24) is 0 Å². The third-order valence-corrected chi connectivity index (χ3v) is 14.7. The average Bonchev–Trinajstić information content (AvgIpc) is 3.46. The van der Waals surface area contributed by atoms with E-state index in [9.17, 15) is 14.4 Å². The van der Waals surface area contributed by atoms with Crippen LogP contribution in [0.4, 0.5) is 0 Å². The monoisotopic (exact) mass is 1120 g/mol. The van der Waals surface area contributed by atoms with Gasteiger partial charge in [-0.1, -0.05) is 297 Å². The molecule has 0 bridgehead atoms. The maximum absolute atomic E-state index is 12.9. The third kappa shape index (κ3) is 66.8. The fourth-order valence-corrected chi connectivity index (χ4v) is 9.66. The van der Waals surface area contributed by atoms with E-state index in [-0.39, 0.29) is 31.1 Å². The van der Waals surface area contributed by atoms with Crippen LogP contribution in [0.1, 0.15) is 329 Å². The summed E-state index contributed by atoms with van der Waals surface area (Å²) in [6.07, 6.45) is 94.0. The fourth-order valence-electron chi connectivity index (χ4n) is 9.66. The van der Waals surface area contributed by atoms with Gasteiger partial charge in [0.15, 0.2) is 6.10 Å². The second-order valence-electron chi connectivity index (χ2n) is 22.7. The molecule has 0 saturated carbocycles. The number of carbonyl (C=O) groups excluding carboxylic acids is 3. The lowest BCUT2D eigenvalue weighted by molar-refractivity contribution is -0.167. The fraction of sp³-hybridized carbons (Fsp3) is 0.720. The summed E-state index contributed by atoms with van der Waals surface area (Å²) in [5, 5.41) is 0.